The summed E-state index contributed by atoms with van der Waals surface area (Å²) in [5.74, 6) is 0.555. The molecule has 0 fully saturated rings. The van der Waals surface area contributed by atoms with Crippen LogP contribution >= 0.6 is 0 Å². The molecular formula is C11H24N2O. The summed E-state index contributed by atoms with van der Waals surface area (Å²) in [6.07, 6.45) is 0.609. The highest BCUT2D eigenvalue weighted by atomic mass is 16.2. The minimum absolute atomic E-state index is 0.0612. The maximum absolute atomic E-state index is 11.5. The number of amides is 1. The summed E-state index contributed by atoms with van der Waals surface area (Å²) in [5.41, 5.74) is 0.0612. The molecule has 1 unspecified atom stereocenters. The highest BCUT2D eigenvalue weighted by Gasteiger charge is 2.29. The third-order valence-electron chi connectivity index (χ3n) is 3.34. The SMILES string of the molecule is CC(CC(=O)N(C)C)C(C)(C)N(C)C. The molecule has 84 valence electrons. The first kappa shape index (κ1) is 13.4. The molecule has 0 heterocycles. The summed E-state index contributed by atoms with van der Waals surface area (Å²) >= 11 is 0. The lowest BCUT2D eigenvalue weighted by Gasteiger charge is -2.38. The van der Waals surface area contributed by atoms with Gasteiger partial charge in [0.25, 0.3) is 0 Å². The molecule has 1 atom stereocenters. The summed E-state index contributed by atoms with van der Waals surface area (Å²) in [6, 6.07) is 0. The minimum Gasteiger partial charge on any atom is -0.349 e. The van der Waals surface area contributed by atoms with Crippen LogP contribution < -0.4 is 0 Å². The quantitative estimate of drug-likeness (QED) is 0.685. The molecule has 14 heavy (non-hydrogen) atoms. The van der Waals surface area contributed by atoms with E-state index in [1.54, 1.807) is 19.0 Å². The predicted molar refractivity (Wildman–Crippen MR) is 60.2 cm³/mol. The Kier molecular flexibility index (Phi) is 4.59. The van der Waals surface area contributed by atoms with Gasteiger partial charge >= 0.3 is 0 Å². The van der Waals surface area contributed by atoms with Crippen LogP contribution in [0.15, 0.2) is 0 Å². The number of carbonyl (C=O) groups excluding carboxylic acids is 1. The summed E-state index contributed by atoms with van der Waals surface area (Å²) in [7, 11) is 7.71. The zero-order valence-corrected chi connectivity index (χ0v) is 10.6. The Hall–Kier alpha value is -0.570. The summed E-state index contributed by atoms with van der Waals surface area (Å²) in [6.45, 7) is 6.46. The summed E-state index contributed by atoms with van der Waals surface area (Å²) < 4.78 is 0. The molecule has 0 aliphatic carbocycles. The van der Waals surface area contributed by atoms with Crippen molar-refractivity contribution in [2.24, 2.45) is 5.92 Å². The second-order valence-corrected chi connectivity index (χ2v) is 4.94. The second kappa shape index (κ2) is 4.78. The van der Waals surface area contributed by atoms with E-state index in [-0.39, 0.29) is 11.4 Å². The Labute approximate surface area is 88.1 Å². The van der Waals surface area contributed by atoms with Crippen LogP contribution in [0.5, 0.6) is 0 Å². The smallest absolute Gasteiger partial charge is 0.222 e. The first-order chi connectivity index (χ1) is 6.19. The molecule has 0 bridgehead atoms. The molecule has 0 N–H and O–H groups in total. The first-order valence-electron chi connectivity index (χ1n) is 5.07. The molecule has 0 saturated carbocycles. The minimum atomic E-state index is 0.0612. The largest absolute Gasteiger partial charge is 0.349 e. The third-order valence-corrected chi connectivity index (χ3v) is 3.34. The van der Waals surface area contributed by atoms with E-state index in [1.165, 1.54) is 0 Å². The van der Waals surface area contributed by atoms with Gasteiger partial charge in [-0.15, -0.1) is 0 Å². The van der Waals surface area contributed by atoms with Crippen molar-refractivity contribution in [3.05, 3.63) is 0 Å². The van der Waals surface area contributed by atoms with Crippen LogP contribution in [0, 0.1) is 5.92 Å². The van der Waals surface area contributed by atoms with E-state index in [1.807, 2.05) is 0 Å². The number of nitrogens with zero attached hydrogens (tertiary/aromatic N) is 2. The lowest BCUT2D eigenvalue weighted by atomic mass is 9.85. The first-order valence-corrected chi connectivity index (χ1v) is 5.07. The van der Waals surface area contributed by atoms with Gasteiger partial charge in [-0.25, -0.2) is 0 Å². The van der Waals surface area contributed by atoms with Gasteiger partial charge in [0.1, 0.15) is 0 Å². The van der Waals surface area contributed by atoms with Crippen molar-refractivity contribution >= 4 is 5.91 Å². The van der Waals surface area contributed by atoms with Crippen molar-refractivity contribution in [3.63, 3.8) is 0 Å². The van der Waals surface area contributed by atoms with Crippen molar-refractivity contribution < 1.29 is 4.79 Å². The van der Waals surface area contributed by atoms with Crippen LogP contribution in [0.25, 0.3) is 0 Å². The van der Waals surface area contributed by atoms with Gasteiger partial charge in [0.2, 0.25) is 5.91 Å². The number of hydrogen-bond donors (Lipinski definition) is 0. The number of hydrogen-bond acceptors (Lipinski definition) is 2. The van der Waals surface area contributed by atoms with Crippen molar-refractivity contribution in [2.75, 3.05) is 28.2 Å². The maximum Gasteiger partial charge on any atom is 0.222 e. The fourth-order valence-electron chi connectivity index (χ4n) is 1.14. The van der Waals surface area contributed by atoms with Crippen molar-refractivity contribution in [1.29, 1.82) is 0 Å². The van der Waals surface area contributed by atoms with Crippen LogP contribution in [0.3, 0.4) is 0 Å². The molecule has 0 aliphatic heterocycles. The van der Waals surface area contributed by atoms with Gasteiger partial charge in [0.15, 0.2) is 0 Å². The zero-order valence-electron chi connectivity index (χ0n) is 10.6. The maximum atomic E-state index is 11.5. The Morgan fingerprint density at radius 2 is 1.64 bits per heavy atom. The zero-order chi connectivity index (χ0) is 11.5. The Bertz CT molecular complexity index is 197. The van der Waals surface area contributed by atoms with E-state index in [2.05, 4.69) is 39.8 Å². The predicted octanol–water partition coefficient (Wildman–Crippen LogP) is 1.44. The summed E-state index contributed by atoms with van der Waals surface area (Å²) in [5, 5.41) is 0. The van der Waals surface area contributed by atoms with Gasteiger partial charge in [-0.2, -0.15) is 0 Å². The molecule has 1 amide bonds. The van der Waals surface area contributed by atoms with E-state index in [9.17, 15) is 4.79 Å². The molecular weight excluding hydrogens is 176 g/mol. The molecule has 3 nitrogen and oxygen atoms in total. The van der Waals surface area contributed by atoms with Crippen molar-refractivity contribution in [1.82, 2.24) is 9.80 Å². The van der Waals surface area contributed by atoms with E-state index in [4.69, 9.17) is 0 Å². The standard InChI is InChI=1S/C11H24N2O/c1-9(8-10(14)12(4)5)11(2,3)13(6)7/h9H,8H2,1-7H3. The van der Waals surface area contributed by atoms with Gasteiger partial charge in [0, 0.05) is 26.1 Å². The molecule has 0 aromatic rings. The number of carbonyl (C=O) groups is 1. The lowest BCUT2D eigenvalue weighted by molar-refractivity contribution is -0.130. The van der Waals surface area contributed by atoms with E-state index >= 15 is 0 Å². The molecule has 0 spiro atoms. The van der Waals surface area contributed by atoms with Crippen LogP contribution in [0.4, 0.5) is 0 Å². The molecule has 0 aliphatic rings. The Balaban J connectivity index is 4.34. The number of rotatable bonds is 4. The van der Waals surface area contributed by atoms with Crippen LogP contribution in [-0.2, 0) is 4.79 Å². The van der Waals surface area contributed by atoms with Crippen LogP contribution in [0.2, 0.25) is 0 Å². The topological polar surface area (TPSA) is 23.6 Å². The fraction of sp³-hybridized carbons (Fsp3) is 0.909. The average Bonchev–Trinajstić information content (AvgIpc) is 2.03. The van der Waals surface area contributed by atoms with Crippen LogP contribution in [0.1, 0.15) is 27.2 Å². The molecule has 0 rings (SSSR count). The second-order valence-electron chi connectivity index (χ2n) is 4.94. The highest BCUT2D eigenvalue weighted by molar-refractivity contribution is 5.75. The highest BCUT2D eigenvalue weighted by Crippen LogP contribution is 2.24. The monoisotopic (exact) mass is 200 g/mol. The van der Waals surface area contributed by atoms with Crippen molar-refractivity contribution in [3.8, 4) is 0 Å². The molecule has 3 heteroatoms. The van der Waals surface area contributed by atoms with Crippen LogP contribution in [-0.4, -0.2) is 49.4 Å². The Morgan fingerprint density at radius 1 is 1.21 bits per heavy atom. The van der Waals surface area contributed by atoms with Crippen molar-refractivity contribution in [2.45, 2.75) is 32.7 Å². The molecule has 0 saturated heterocycles. The molecule has 0 radical (unpaired) electrons. The third kappa shape index (κ3) is 3.29. The average molecular weight is 200 g/mol. The fourth-order valence-corrected chi connectivity index (χ4v) is 1.14. The van der Waals surface area contributed by atoms with E-state index in [0.29, 0.717) is 12.3 Å². The van der Waals surface area contributed by atoms with Gasteiger partial charge in [-0.05, 0) is 33.9 Å². The lowest BCUT2D eigenvalue weighted by Crippen LogP contribution is -2.45. The molecule has 0 aromatic heterocycles. The molecule has 0 aromatic carbocycles. The van der Waals surface area contributed by atoms with E-state index < -0.39 is 0 Å². The Morgan fingerprint density at radius 3 is 1.93 bits per heavy atom. The van der Waals surface area contributed by atoms with Gasteiger partial charge in [0.05, 0.1) is 0 Å². The summed E-state index contributed by atoms with van der Waals surface area (Å²) in [4.78, 5) is 15.4. The van der Waals surface area contributed by atoms with Gasteiger partial charge in [-0.3, -0.25) is 4.79 Å². The van der Waals surface area contributed by atoms with E-state index in [0.717, 1.165) is 0 Å². The van der Waals surface area contributed by atoms with Gasteiger partial charge < -0.3 is 9.80 Å². The normalized spacial score (nSPS) is 14.3. The van der Waals surface area contributed by atoms with Gasteiger partial charge in [-0.1, -0.05) is 6.92 Å².